The summed E-state index contributed by atoms with van der Waals surface area (Å²) in [4.78, 5) is 28.4. The molecule has 1 saturated heterocycles. The molecule has 4 aromatic rings. The van der Waals surface area contributed by atoms with Crippen molar-refractivity contribution in [2.24, 2.45) is 0 Å². The number of nitrogens with one attached hydrogen (secondary N) is 1. The average molecular weight is 375 g/mol. The molecule has 1 aliphatic heterocycles. The highest BCUT2D eigenvalue weighted by molar-refractivity contribution is 5.63. The molecular formula is C20H21N7O. The van der Waals surface area contributed by atoms with Crippen molar-refractivity contribution in [3.05, 3.63) is 58.5 Å². The summed E-state index contributed by atoms with van der Waals surface area (Å²) in [6.07, 6.45) is 5.71. The fourth-order valence-corrected chi connectivity index (χ4v) is 3.76. The third kappa shape index (κ3) is 2.82. The lowest BCUT2D eigenvalue weighted by Crippen LogP contribution is -2.43. The molecule has 0 unspecified atom stereocenters. The van der Waals surface area contributed by atoms with Gasteiger partial charge in [-0.2, -0.15) is 4.98 Å². The van der Waals surface area contributed by atoms with Gasteiger partial charge in [0.2, 0.25) is 0 Å². The number of fused-ring (bicyclic) bond motifs is 2. The highest BCUT2D eigenvalue weighted by Gasteiger charge is 2.14. The first kappa shape index (κ1) is 16.9. The highest BCUT2D eigenvalue weighted by atomic mass is 16.1. The predicted octanol–water partition coefficient (Wildman–Crippen LogP) is 1.43. The maximum atomic E-state index is 12.7. The quantitative estimate of drug-likeness (QED) is 0.571. The number of imidazole rings is 1. The third-order valence-electron chi connectivity index (χ3n) is 5.14. The summed E-state index contributed by atoms with van der Waals surface area (Å²) in [5, 5.41) is 3.34. The van der Waals surface area contributed by atoms with Crippen LogP contribution in [0.15, 0.2) is 41.6 Å². The number of nitrogens with zero attached hydrogens (tertiary/aromatic N) is 6. The number of rotatable bonds is 2. The molecule has 142 valence electrons. The van der Waals surface area contributed by atoms with E-state index in [1.807, 2.05) is 55.0 Å². The molecule has 5 rings (SSSR count). The zero-order valence-corrected chi connectivity index (χ0v) is 15.9. The zero-order chi connectivity index (χ0) is 19.3. The average Bonchev–Trinajstić information content (AvgIpc) is 3.09. The number of anilines is 1. The van der Waals surface area contributed by atoms with Crippen molar-refractivity contribution in [2.45, 2.75) is 13.8 Å². The number of pyridine rings is 2. The molecule has 0 bridgehead atoms. The van der Waals surface area contributed by atoms with Gasteiger partial charge in [-0.3, -0.25) is 0 Å². The molecule has 0 aromatic carbocycles. The number of hydrogen-bond donors (Lipinski definition) is 1. The minimum Gasteiger partial charge on any atom is -0.368 e. The van der Waals surface area contributed by atoms with Crippen LogP contribution in [0.1, 0.15) is 11.3 Å². The maximum Gasteiger partial charge on any atom is 0.355 e. The van der Waals surface area contributed by atoms with Gasteiger partial charge in [-0.05, 0) is 37.6 Å². The summed E-state index contributed by atoms with van der Waals surface area (Å²) in [6.45, 7) is 7.68. The summed E-state index contributed by atoms with van der Waals surface area (Å²) >= 11 is 0. The van der Waals surface area contributed by atoms with Crippen LogP contribution in [-0.4, -0.2) is 49.9 Å². The summed E-state index contributed by atoms with van der Waals surface area (Å²) < 4.78 is 3.48. The molecule has 28 heavy (non-hydrogen) atoms. The first-order valence-corrected chi connectivity index (χ1v) is 9.41. The van der Waals surface area contributed by atoms with Crippen molar-refractivity contribution in [2.75, 3.05) is 31.1 Å². The van der Waals surface area contributed by atoms with Gasteiger partial charge in [0.15, 0.2) is 5.82 Å². The molecule has 1 fully saturated rings. The number of piperazine rings is 1. The Morgan fingerprint density at radius 3 is 2.64 bits per heavy atom. The van der Waals surface area contributed by atoms with Crippen LogP contribution in [0.2, 0.25) is 0 Å². The molecule has 5 heterocycles. The zero-order valence-electron chi connectivity index (χ0n) is 15.9. The second-order valence-electron chi connectivity index (χ2n) is 7.21. The Morgan fingerprint density at radius 1 is 1.00 bits per heavy atom. The van der Waals surface area contributed by atoms with E-state index in [-0.39, 0.29) is 5.69 Å². The molecule has 0 spiro atoms. The van der Waals surface area contributed by atoms with Gasteiger partial charge in [0.05, 0.1) is 11.4 Å². The maximum absolute atomic E-state index is 12.7. The fraction of sp³-hybridized carbons (Fsp3) is 0.300. The van der Waals surface area contributed by atoms with Crippen LogP contribution in [-0.2, 0) is 0 Å². The Morgan fingerprint density at radius 2 is 1.82 bits per heavy atom. The molecule has 0 atom stereocenters. The Balaban J connectivity index is 1.60. The second-order valence-corrected chi connectivity index (χ2v) is 7.21. The topological polar surface area (TPSA) is 79.8 Å². The fourth-order valence-electron chi connectivity index (χ4n) is 3.76. The first-order valence-electron chi connectivity index (χ1n) is 9.41. The summed E-state index contributed by atoms with van der Waals surface area (Å²) in [5.74, 6) is 0.427. The van der Waals surface area contributed by atoms with Gasteiger partial charge in [0.1, 0.15) is 11.3 Å². The molecule has 0 saturated carbocycles. The van der Waals surface area contributed by atoms with E-state index in [1.54, 1.807) is 0 Å². The molecule has 0 amide bonds. The van der Waals surface area contributed by atoms with Crippen molar-refractivity contribution < 1.29 is 0 Å². The van der Waals surface area contributed by atoms with Crippen LogP contribution in [0, 0.1) is 13.8 Å². The molecule has 1 aliphatic rings. The van der Waals surface area contributed by atoms with Crippen LogP contribution >= 0.6 is 0 Å². The lowest BCUT2D eigenvalue weighted by Gasteiger charge is -2.29. The van der Waals surface area contributed by atoms with Gasteiger partial charge in [-0.25, -0.2) is 19.2 Å². The van der Waals surface area contributed by atoms with Gasteiger partial charge in [0, 0.05) is 50.3 Å². The molecular weight excluding hydrogens is 354 g/mol. The van der Waals surface area contributed by atoms with Crippen molar-refractivity contribution in [3.63, 3.8) is 0 Å². The van der Waals surface area contributed by atoms with E-state index in [1.165, 1.54) is 4.40 Å². The Labute approximate surface area is 161 Å². The number of hydrogen-bond acceptors (Lipinski definition) is 6. The normalized spacial score (nSPS) is 14.9. The molecule has 0 radical (unpaired) electrons. The van der Waals surface area contributed by atoms with E-state index < -0.39 is 0 Å². The number of aryl methyl sites for hydroxylation is 2. The molecule has 0 aliphatic carbocycles. The summed E-state index contributed by atoms with van der Waals surface area (Å²) in [5.41, 5.74) is 4.94. The molecule has 8 heteroatoms. The highest BCUT2D eigenvalue weighted by Crippen LogP contribution is 2.21. The first-order chi connectivity index (χ1) is 13.6. The van der Waals surface area contributed by atoms with Crippen LogP contribution in [0.25, 0.3) is 22.7 Å². The van der Waals surface area contributed by atoms with Gasteiger partial charge in [-0.1, -0.05) is 0 Å². The van der Waals surface area contributed by atoms with Crippen molar-refractivity contribution in [1.82, 2.24) is 29.1 Å². The van der Waals surface area contributed by atoms with E-state index >= 15 is 0 Å². The van der Waals surface area contributed by atoms with Gasteiger partial charge in [-0.15, -0.1) is 0 Å². The summed E-state index contributed by atoms with van der Waals surface area (Å²) in [6, 6.07) is 5.88. The SMILES string of the molecule is Cc1cn2cc(-c3nc(=O)n4cc(N5CCNCC5)ccc4n3)cc(C)c2n1. The second kappa shape index (κ2) is 6.42. The van der Waals surface area contributed by atoms with Crippen LogP contribution in [0.3, 0.4) is 0 Å². The van der Waals surface area contributed by atoms with Crippen LogP contribution in [0.5, 0.6) is 0 Å². The molecule has 8 nitrogen and oxygen atoms in total. The van der Waals surface area contributed by atoms with E-state index in [9.17, 15) is 4.79 Å². The van der Waals surface area contributed by atoms with Crippen molar-refractivity contribution in [1.29, 1.82) is 0 Å². The van der Waals surface area contributed by atoms with Gasteiger partial charge >= 0.3 is 5.69 Å². The minimum atomic E-state index is -0.323. The van der Waals surface area contributed by atoms with Crippen LogP contribution < -0.4 is 15.9 Å². The van der Waals surface area contributed by atoms with Crippen LogP contribution in [0.4, 0.5) is 5.69 Å². The van der Waals surface area contributed by atoms with Gasteiger partial charge < -0.3 is 14.6 Å². The monoisotopic (exact) mass is 375 g/mol. The van der Waals surface area contributed by atoms with E-state index in [2.05, 4.69) is 25.2 Å². The lowest BCUT2D eigenvalue weighted by atomic mass is 10.2. The summed E-state index contributed by atoms with van der Waals surface area (Å²) in [7, 11) is 0. The third-order valence-corrected chi connectivity index (χ3v) is 5.14. The largest absolute Gasteiger partial charge is 0.368 e. The lowest BCUT2D eigenvalue weighted by molar-refractivity contribution is 0.588. The smallest absolute Gasteiger partial charge is 0.355 e. The van der Waals surface area contributed by atoms with Crippen molar-refractivity contribution in [3.8, 4) is 11.4 Å². The molecule has 4 aromatic heterocycles. The minimum absolute atomic E-state index is 0.323. The van der Waals surface area contributed by atoms with Crippen molar-refractivity contribution >= 4 is 17.0 Å². The molecule has 1 N–H and O–H groups in total. The van der Waals surface area contributed by atoms with E-state index in [4.69, 9.17) is 0 Å². The van der Waals surface area contributed by atoms with E-state index in [0.29, 0.717) is 11.5 Å². The Kier molecular flexibility index (Phi) is 3.87. The standard InChI is InChI=1S/C20H21N7O/c1-13-9-15(11-26-10-14(2)22-19(13)26)18-23-17-4-3-16(12-27(17)20(28)24-18)25-7-5-21-6-8-25/h3-4,9-12,21H,5-8H2,1-2H3. The predicted molar refractivity (Wildman–Crippen MR) is 108 cm³/mol. The Hall–Kier alpha value is -3.26. The number of aromatic nitrogens is 5. The van der Waals surface area contributed by atoms with E-state index in [0.717, 1.165) is 54.3 Å². The Bertz CT molecular complexity index is 1250. The van der Waals surface area contributed by atoms with Gasteiger partial charge in [0.25, 0.3) is 0 Å².